The van der Waals surface area contributed by atoms with Gasteiger partial charge in [-0.15, -0.1) is 0 Å². The van der Waals surface area contributed by atoms with E-state index in [0.717, 1.165) is 78.3 Å². The van der Waals surface area contributed by atoms with Crippen molar-refractivity contribution in [3.63, 3.8) is 0 Å². The summed E-state index contributed by atoms with van der Waals surface area (Å²) in [6, 6.07) is 8.48. The molecule has 4 aromatic heterocycles. The SMILES string of the molecule is CCn1cc(-c2cc3c(-c4cccc(N5CCC[C@H](N)CC5)n4)n[nH]c3cn2)cn1. The Morgan fingerprint density at radius 2 is 2.10 bits per heavy atom. The fraction of sp³-hybridized carbons (Fsp3) is 0.364. The number of rotatable bonds is 4. The van der Waals surface area contributed by atoms with Crippen molar-refractivity contribution in [3.05, 3.63) is 42.9 Å². The lowest BCUT2D eigenvalue weighted by atomic mass is 10.1. The van der Waals surface area contributed by atoms with E-state index < -0.39 is 0 Å². The smallest absolute Gasteiger partial charge is 0.129 e. The zero-order chi connectivity index (χ0) is 20.5. The summed E-state index contributed by atoms with van der Waals surface area (Å²) in [7, 11) is 0. The molecule has 0 amide bonds. The van der Waals surface area contributed by atoms with Gasteiger partial charge in [0.1, 0.15) is 11.5 Å². The second-order valence-electron chi connectivity index (χ2n) is 7.83. The number of hydrogen-bond acceptors (Lipinski definition) is 6. The van der Waals surface area contributed by atoms with E-state index >= 15 is 0 Å². The van der Waals surface area contributed by atoms with Crippen LogP contribution in [0.1, 0.15) is 26.2 Å². The Morgan fingerprint density at radius 3 is 2.97 bits per heavy atom. The van der Waals surface area contributed by atoms with E-state index in [1.807, 2.05) is 29.3 Å². The van der Waals surface area contributed by atoms with Crippen LogP contribution in [0, 0.1) is 0 Å². The van der Waals surface area contributed by atoms with Crippen LogP contribution in [0.4, 0.5) is 5.82 Å². The predicted molar refractivity (Wildman–Crippen MR) is 118 cm³/mol. The van der Waals surface area contributed by atoms with Crippen molar-refractivity contribution >= 4 is 16.7 Å². The lowest BCUT2D eigenvalue weighted by Gasteiger charge is -2.21. The van der Waals surface area contributed by atoms with Crippen molar-refractivity contribution in [1.82, 2.24) is 29.9 Å². The highest BCUT2D eigenvalue weighted by atomic mass is 15.3. The number of nitrogens with two attached hydrogens (primary N) is 1. The highest BCUT2D eigenvalue weighted by Gasteiger charge is 2.17. The Bertz CT molecular complexity index is 1160. The number of nitrogens with zero attached hydrogens (tertiary/aromatic N) is 6. The van der Waals surface area contributed by atoms with E-state index in [1.54, 1.807) is 0 Å². The maximum Gasteiger partial charge on any atom is 0.129 e. The fourth-order valence-corrected chi connectivity index (χ4v) is 4.02. The average Bonchev–Trinajstić information content (AvgIpc) is 3.37. The van der Waals surface area contributed by atoms with Gasteiger partial charge in [0.2, 0.25) is 0 Å². The number of nitrogens with one attached hydrogen (secondary N) is 1. The topological polar surface area (TPSA) is 102 Å². The van der Waals surface area contributed by atoms with E-state index in [2.05, 4.69) is 50.3 Å². The van der Waals surface area contributed by atoms with Crippen molar-refractivity contribution < 1.29 is 0 Å². The maximum absolute atomic E-state index is 6.14. The Labute approximate surface area is 175 Å². The molecule has 0 bridgehead atoms. The molecule has 8 heteroatoms. The molecule has 1 aliphatic rings. The number of anilines is 1. The van der Waals surface area contributed by atoms with Gasteiger partial charge in [-0.05, 0) is 44.4 Å². The number of pyridine rings is 2. The van der Waals surface area contributed by atoms with E-state index in [9.17, 15) is 0 Å². The molecule has 5 heterocycles. The zero-order valence-electron chi connectivity index (χ0n) is 17.1. The molecule has 1 aliphatic heterocycles. The first-order chi connectivity index (χ1) is 14.7. The van der Waals surface area contributed by atoms with Crippen LogP contribution in [-0.4, -0.2) is 49.1 Å². The Hall–Kier alpha value is -3.26. The molecule has 0 aliphatic carbocycles. The molecular formula is C22H26N8. The summed E-state index contributed by atoms with van der Waals surface area (Å²) in [6.07, 6.45) is 8.85. The predicted octanol–water partition coefficient (Wildman–Crippen LogP) is 3.22. The van der Waals surface area contributed by atoms with Gasteiger partial charge in [0.25, 0.3) is 0 Å². The second kappa shape index (κ2) is 7.87. The Kier molecular flexibility index (Phi) is 4.92. The number of aromatic amines is 1. The number of aromatic nitrogens is 6. The third-order valence-corrected chi connectivity index (χ3v) is 5.77. The average molecular weight is 403 g/mol. The number of aryl methyl sites for hydroxylation is 1. The second-order valence-corrected chi connectivity index (χ2v) is 7.83. The zero-order valence-corrected chi connectivity index (χ0v) is 17.1. The van der Waals surface area contributed by atoms with Gasteiger partial charge in [-0.3, -0.25) is 14.8 Å². The van der Waals surface area contributed by atoms with Gasteiger partial charge >= 0.3 is 0 Å². The molecule has 0 radical (unpaired) electrons. The third-order valence-electron chi connectivity index (χ3n) is 5.77. The van der Waals surface area contributed by atoms with Gasteiger partial charge < -0.3 is 10.6 Å². The van der Waals surface area contributed by atoms with Gasteiger partial charge in [-0.2, -0.15) is 10.2 Å². The molecule has 0 spiro atoms. The minimum absolute atomic E-state index is 0.288. The summed E-state index contributed by atoms with van der Waals surface area (Å²) in [4.78, 5) is 11.8. The van der Waals surface area contributed by atoms with Crippen LogP contribution >= 0.6 is 0 Å². The highest BCUT2D eigenvalue weighted by molar-refractivity contribution is 5.93. The van der Waals surface area contributed by atoms with Crippen LogP contribution in [0.15, 0.2) is 42.9 Å². The van der Waals surface area contributed by atoms with Crippen LogP contribution in [0.5, 0.6) is 0 Å². The van der Waals surface area contributed by atoms with Gasteiger partial charge in [-0.1, -0.05) is 6.07 Å². The van der Waals surface area contributed by atoms with Crippen LogP contribution < -0.4 is 10.6 Å². The molecule has 0 saturated carbocycles. The highest BCUT2D eigenvalue weighted by Crippen LogP contribution is 2.29. The van der Waals surface area contributed by atoms with Crippen molar-refractivity contribution in [2.75, 3.05) is 18.0 Å². The third kappa shape index (κ3) is 3.54. The Morgan fingerprint density at radius 1 is 1.17 bits per heavy atom. The molecule has 0 unspecified atom stereocenters. The number of H-pyrrole nitrogens is 1. The molecular weight excluding hydrogens is 376 g/mol. The first kappa shape index (κ1) is 18.7. The quantitative estimate of drug-likeness (QED) is 0.543. The van der Waals surface area contributed by atoms with E-state index in [4.69, 9.17) is 10.7 Å². The van der Waals surface area contributed by atoms with Crippen molar-refractivity contribution in [1.29, 1.82) is 0 Å². The van der Waals surface area contributed by atoms with Gasteiger partial charge in [0, 0.05) is 42.8 Å². The summed E-state index contributed by atoms with van der Waals surface area (Å²) < 4.78 is 1.90. The summed E-state index contributed by atoms with van der Waals surface area (Å²) in [6.45, 7) is 4.82. The molecule has 154 valence electrons. The lowest BCUT2D eigenvalue weighted by molar-refractivity contribution is 0.601. The molecule has 1 saturated heterocycles. The molecule has 30 heavy (non-hydrogen) atoms. The van der Waals surface area contributed by atoms with E-state index in [0.29, 0.717) is 0 Å². The lowest BCUT2D eigenvalue weighted by Crippen LogP contribution is -2.27. The number of hydrogen-bond donors (Lipinski definition) is 2. The Balaban J connectivity index is 1.51. The van der Waals surface area contributed by atoms with Gasteiger partial charge in [0.15, 0.2) is 0 Å². The van der Waals surface area contributed by atoms with Crippen molar-refractivity contribution in [2.24, 2.45) is 5.73 Å². The number of fused-ring (bicyclic) bond motifs is 1. The summed E-state index contributed by atoms with van der Waals surface area (Å²) in [5, 5.41) is 13.0. The summed E-state index contributed by atoms with van der Waals surface area (Å²) >= 11 is 0. The van der Waals surface area contributed by atoms with Crippen LogP contribution in [0.2, 0.25) is 0 Å². The molecule has 4 aromatic rings. The maximum atomic E-state index is 6.14. The van der Waals surface area contributed by atoms with Gasteiger partial charge in [0.05, 0.1) is 29.3 Å². The van der Waals surface area contributed by atoms with Crippen molar-refractivity contribution in [3.8, 4) is 22.6 Å². The summed E-state index contributed by atoms with van der Waals surface area (Å²) in [5.41, 5.74) is 10.6. The molecule has 3 N–H and O–H groups in total. The van der Waals surface area contributed by atoms with Crippen LogP contribution in [0.25, 0.3) is 33.5 Å². The fourth-order valence-electron chi connectivity index (χ4n) is 4.02. The first-order valence-electron chi connectivity index (χ1n) is 10.6. The standard InChI is InChI=1S/C22H26N8/c1-2-30-14-15(12-25-30)19-11-17-20(13-24-19)27-28-22(17)18-6-3-7-21(26-18)29-9-4-5-16(23)8-10-29/h3,6-7,11-14,16H,2,4-5,8-10,23H2,1H3,(H,27,28)/t16-/m0/s1. The molecule has 0 aromatic carbocycles. The first-order valence-corrected chi connectivity index (χ1v) is 10.6. The van der Waals surface area contributed by atoms with Crippen LogP contribution in [0.3, 0.4) is 0 Å². The largest absolute Gasteiger partial charge is 0.357 e. The van der Waals surface area contributed by atoms with E-state index in [-0.39, 0.29) is 6.04 Å². The minimum Gasteiger partial charge on any atom is -0.357 e. The molecule has 1 atom stereocenters. The normalized spacial score (nSPS) is 17.4. The van der Waals surface area contributed by atoms with E-state index in [1.165, 1.54) is 0 Å². The van der Waals surface area contributed by atoms with Crippen molar-refractivity contribution in [2.45, 2.75) is 38.8 Å². The van der Waals surface area contributed by atoms with Gasteiger partial charge in [-0.25, -0.2) is 4.98 Å². The molecule has 8 nitrogen and oxygen atoms in total. The van der Waals surface area contributed by atoms with Crippen LogP contribution in [-0.2, 0) is 6.54 Å². The summed E-state index contributed by atoms with van der Waals surface area (Å²) in [5.74, 6) is 0.983. The molecule has 1 fully saturated rings. The monoisotopic (exact) mass is 402 g/mol. The minimum atomic E-state index is 0.288. The molecule has 5 rings (SSSR count).